The van der Waals surface area contributed by atoms with Crippen molar-refractivity contribution in [1.82, 2.24) is 5.01 Å². The monoisotopic (exact) mass is 440 g/mol. The van der Waals surface area contributed by atoms with E-state index in [1.165, 1.54) is 0 Å². The number of carbonyl (C=O) groups is 1. The van der Waals surface area contributed by atoms with Crippen molar-refractivity contribution in [1.29, 1.82) is 0 Å². The zero-order valence-corrected chi connectivity index (χ0v) is 18.4. The molecule has 1 saturated heterocycles. The number of anilines is 1. The predicted octanol–water partition coefficient (Wildman–Crippen LogP) is 4.14. The average Bonchev–Trinajstić information content (AvgIpc) is 3.20. The third-order valence-electron chi connectivity index (χ3n) is 6.61. The first-order valence-corrected chi connectivity index (χ1v) is 10.9. The minimum absolute atomic E-state index is 0.164. The minimum Gasteiger partial charge on any atom is -0.378 e. The van der Waals surface area contributed by atoms with Crippen molar-refractivity contribution in [3.05, 3.63) is 111 Å². The van der Waals surface area contributed by atoms with Gasteiger partial charge in [0.2, 0.25) is 6.04 Å². The summed E-state index contributed by atoms with van der Waals surface area (Å²) >= 11 is 0. The van der Waals surface area contributed by atoms with Gasteiger partial charge in [-0.1, -0.05) is 66.7 Å². The van der Waals surface area contributed by atoms with Crippen LogP contribution in [0.5, 0.6) is 0 Å². The molecule has 3 aromatic carbocycles. The number of rotatable bonds is 5. The Bertz CT molecular complexity index is 1220. The predicted molar refractivity (Wildman–Crippen MR) is 127 cm³/mol. The molecule has 7 nitrogen and oxygen atoms in total. The highest BCUT2D eigenvalue weighted by Gasteiger charge is 2.60. The van der Waals surface area contributed by atoms with Gasteiger partial charge >= 0.3 is 0 Å². The van der Waals surface area contributed by atoms with Crippen LogP contribution in [-0.2, 0) is 0 Å². The van der Waals surface area contributed by atoms with Crippen LogP contribution in [0.1, 0.15) is 39.0 Å². The fourth-order valence-corrected chi connectivity index (χ4v) is 5.05. The Morgan fingerprint density at radius 2 is 1.64 bits per heavy atom. The van der Waals surface area contributed by atoms with Crippen LogP contribution in [-0.4, -0.2) is 48.1 Å². The van der Waals surface area contributed by atoms with Crippen molar-refractivity contribution in [3.63, 3.8) is 0 Å². The molecule has 0 amide bonds. The van der Waals surface area contributed by atoms with Gasteiger partial charge in [-0.25, -0.2) is 0 Å². The summed E-state index contributed by atoms with van der Waals surface area (Å²) < 4.78 is 0. The zero-order chi connectivity index (χ0) is 23.1. The number of carbonyl (C=O) groups excluding carboxylic acids is 1. The summed E-state index contributed by atoms with van der Waals surface area (Å²) in [5.41, 5.74) is 3.95. The van der Waals surface area contributed by atoms with E-state index in [4.69, 9.17) is 0 Å². The van der Waals surface area contributed by atoms with Crippen LogP contribution >= 0.6 is 0 Å². The van der Waals surface area contributed by atoms with Crippen LogP contribution in [0, 0.1) is 10.1 Å². The maximum absolute atomic E-state index is 13.8. The second kappa shape index (κ2) is 8.16. The van der Waals surface area contributed by atoms with Crippen LogP contribution in [0.25, 0.3) is 0 Å². The van der Waals surface area contributed by atoms with E-state index in [1.807, 2.05) is 73.6 Å². The molecule has 0 bridgehead atoms. The van der Waals surface area contributed by atoms with Gasteiger partial charge in [0, 0.05) is 35.8 Å². The van der Waals surface area contributed by atoms with Crippen LogP contribution in [0.2, 0.25) is 0 Å². The highest BCUT2D eigenvalue weighted by Crippen LogP contribution is 2.49. The first kappa shape index (κ1) is 20.9. The van der Waals surface area contributed by atoms with Crippen molar-refractivity contribution in [2.75, 3.05) is 19.0 Å². The molecule has 2 aliphatic heterocycles. The number of hydrogen-bond acceptors (Lipinski definition) is 6. The van der Waals surface area contributed by atoms with Gasteiger partial charge in [0.15, 0.2) is 5.78 Å². The van der Waals surface area contributed by atoms with Gasteiger partial charge in [-0.2, -0.15) is 5.10 Å². The van der Waals surface area contributed by atoms with Gasteiger partial charge in [0.25, 0.3) is 0 Å². The van der Waals surface area contributed by atoms with Crippen molar-refractivity contribution in [3.8, 4) is 0 Å². The first-order valence-electron chi connectivity index (χ1n) is 10.9. The maximum atomic E-state index is 13.8. The quantitative estimate of drug-likeness (QED) is 0.339. The molecule has 0 aromatic heterocycles. The van der Waals surface area contributed by atoms with E-state index < -0.39 is 24.0 Å². The van der Waals surface area contributed by atoms with Gasteiger partial charge in [-0.05, 0) is 23.3 Å². The number of Topliss-reactive ketones (excluding diaryl/α,β-unsaturated/α-hetero) is 1. The van der Waals surface area contributed by atoms with E-state index in [9.17, 15) is 14.9 Å². The number of hydrogen-bond donors (Lipinski definition) is 0. The molecule has 0 aliphatic carbocycles. The van der Waals surface area contributed by atoms with Gasteiger partial charge in [-0.3, -0.25) is 19.9 Å². The Balaban J connectivity index is 1.68. The molecule has 0 radical (unpaired) electrons. The second-order valence-corrected chi connectivity index (χ2v) is 8.66. The number of ketones is 1. The van der Waals surface area contributed by atoms with Gasteiger partial charge in [0.1, 0.15) is 12.1 Å². The van der Waals surface area contributed by atoms with Crippen molar-refractivity contribution >= 4 is 17.7 Å². The molecule has 7 heteroatoms. The first-order chi connectivity index (χ1) is 16.0. The molecule has 1 unspecified atom stereocenters. The van der Waals surface area contributed by atoms with Crippen LogP contribution in [0.3, 0.4) is 0 Å². The maximum Gasteiger partial charge on any atom is 0.248 e. The van der Waals surface area contributed by atoms with E-state index in [0.717, 1.165) is 22.4 Å². The topological polar surface area (TPSA) is 79.0 Å². The largest absolute Gasteiger partial charge is 0.378 e. The third kappa shape index (κ3) is 3.46. The molecular formula is C26H24N4O3. The lowest BCUT2D eigenvalue weighted by molar-refractivity contribution is -0.529. The Labute approximate surface area is 192 Å². The number of nitro groups is 1. The Morgan fingerprint density at radius 3 is 2.30 bits per heavy atom. The van der Waals surface area contributed by atoms with E-state index in [1.54, 1.807) is 35.5 Å². The molecule has 3 aromatic rings. The standard InChI is InChI=1S/C26H24N4O3/c1-28(2)20-14-12-17(13-15-20)22-24(30(32)33)23-21-11-7-6-10-19(21)16-27-29(23)25(22)26(31)18-8-4-3-5-9-18/h3-16,22-25H,1-2H3/t22-,23?,24-,25-/m0/s1. The van der Waals surface area contributed by atoms with E-state index >= 15 is 0 Å². The number of hydrazone groups is 1. The normalized spacial score (nSPS) is 23.0. The molecule has 2 heterocycles. The summed E-state index contributed by atoms with van der Waals surface area (Å²) in [5, 5.41) is 18.8. The lowest BCUT2D eigenvalue weighted by Crippen LogP contribution is -2.38. The van der Waals surface area contributed by atoms with E-state index in [2.05, 4.69) is 5.10 Å². The fraction of sp³-hybridized carbons (Fsp3) is 0.231. The lowest BCUT2D eigenvalue weighted by Gasteiger charge is -2.30. The van der Waals surface area contributed by atoms with Crippen molar-refractivity contribution < 1.29 is 9.72 Å². The second-order valence-electron chi connectivity index (χ2n) is 8.66. The lowest BCUT2D eigenvalue weighted by atomic mass is 9.82. The molecule has 5 rings (SSSR count). The Hall–Kier alpha value is -4.00. The molecule has 0 saturated carbocycles. The average molecular weight is 441 g/mol. The molecule has 2 aliphatic rings. The van der Waals surface area contributed by atoms with E-state index in [0.29, 0.717) is 5.56 Å². The van der Waals surface area contributed by atoms with Gasteiger partial charge in [-0.15, -0.1) is 0 Å². The SMILES string of the molecule is CN(C)c1ccc([C@@H]2[C@@H](C(=O)c3ccccc3)N3N=Cc4ccccc4C3[C@H]2[N+](=O)[O-])cc1. The van der Waals surface area contributed by atoms with Gasteiger partial charge in [0.05, 0.1) is 12.1 Å². The highest BCUT2D eigenvalue weighted by atomic mass is 16.6. The summed E-state index contributed by atoms with van der Waals surface area (Å²) in [6.45, 7) is 0. The van der Waals surface area contributed by atoms with Crippen LogP contribution in [0.15, 0.2) is 84.0 Å². The highest BCUT2D eigenvalue weighted by molar-refractivity contribution is 6.01. The smallest absolute Gasteiger partial charge is 0.248 e. The van der Waals surface area contributed by atoms with E-state index in [-0.39, 0.29) is 10.7 Å². The number of nitrogens with zero attached hydrogens (tertiary/aromatic N) is 4. The zero-order valence-electron chi connectivity index (χ0n) is 18.4. The summed E-state index contributed by atoms with van der Waals surface area (Å²) in [7, 11) is 3.89. The number of fused-ring (bicyclic) bond motifs is 3. The minimum atomic E-state index is -1.02. The molecular weight excluding hydrogens is 416 g/mol. The Morgan fingerprint density at radius 1 is 0.970 bits per heavy atom. The molecule has 1 fully saturated rings. The molecule has 166 valence electrons. The van der Waals surface area contributed by atoms with Crippen LogP contribution < -0.4 is 4.90 Å². The van der Waals surface area contributed by atoms with Crippen molar-refractivity contribution in [2.45, 2.75) is 24.0 Å². The summed E-state index contributed by atoms with van der Waals surface area (Å²) in [6.07, 6.45) is 1.70. The summed E-state index contributed by atoms with van der Waals surface area (Å²) in [4.78, 5) is 28.1. The Kier molecular flexibility index (Phi) is 5.17. The molecule has 0 spiro atoms. The number of benzene rings is 3. The summed E-state index contributed by atoms with van der Waals surface area (Å²) in [5.74, 6) is -0.819. The fourth-order valence-electron chi connectivity index (χ4n) is 5.05. The van der Waals surface area contributed by atoms with Gasteiger partial charge < -0.3 is 4.90 Å². The van der Waals surface area contributed by atoms with Crippen molar-refractivity contribution in [2.24, 2.45) is 5.10 Å². The third-order valence-corrected chi connectivity index (χ3v) is 6.61. The molecule has 4 atom stereocenters. The molecule has 33 heavy (non-hydrogen) atoms. The molecule has 0 N–H and O–H groups in total. The summed E-state index contributed by atoms with van der Waals surface area (Å²) in [6, 6.07) is 21.8. The van der Waals surface area contributed by atoms with Crippen LogP contribution in [0.4, 0.5) is 5.69 Å².